The van der Waals surface area contributed by atoms with Crippen LogP contribution in [-0.4, -0.2) is 0 Å². The van der Waals surface area contributed by atoms with Gasteiger partial charge in [0.15, 0.2) is 0 Å². The van der Waals surface area contributed by atoms with E-state index >= 15 is 0 Å². The van der Waals surface area contributed by atoms with Crippen molar-refractivity contribution in [1.29, 1.82) is 0 Å². The molecule has 9 aromatic rings. The van der Waals surface area contributed by atoms with E-state index < -0.39 is 5.54 Å². The van der Waals surface area contributed by atoms with Gasteiger partial charge in [-0.15, -0.1) is 0 Å². The molecule has 0 amide bonds. The molecule has 1 N–H and O–H groups in total. The number of rotatable bonds is 5. The summed E-state index contributed by atoms with van der Waals surface area (Å²) in [5.41, 5.74) is 13.5. The fraction of sp³-hybridized carbons (Fsp3) is 0.0566. The van der Waals surface area contributed by atoms with Gasteiger partial charge in [-0.05, 0) is 109 Å². The average Bonchev–Trinajstić information content (AvgIpc) is 3.63. The van der Waals surface area contributed by atoms with E-state index in [0.717, 1.165) is 38.8 Å². The molecule has 11 rings (SSSR count). The van der Waals surface area contributed by atoms with E-state index in [2.05, 4.69) is 200 Å². The maximum absolute atomic E-state index is 6.35. The van der Waals surface area contributed by atoms with E-state index in [-0.39, 0.29) is 5.92 Å². The van der Waals surface area contributed by atoms with Gasteiger partial charge in [0, 0.05) is 27.9 Å². The minimum absolute atomic E-state index is 0.0340. The molecule has 8 aromatic carbocycles. The molecule has 2 aliphatic carbocycles. The number of hydrogen-bond donors (Lipinski definition) is 1. The van der Waals surface area contributed by atoms with Crippen LogP contribution in [0.15, 0.2) is 204 Å². The van der Waals surface area contributed by atoms with Crippen LogP contribution in [0.4, 0.5) is 5.69 Å². The minimum atomic E-state index is -0.489. The molecular formula is C53H37NO. The summed E-state index contributed by atoms with van der Waals surface area (Å²) in [6, 6.07) is 63.6. The number of hydrogen-bond acceptors (Lipinski definition) is 2. The molecule has 0 aliphatic heterocycles. The van der Waals surface area contributed by atoms with Crippen molar-refractivity contribution in [2.24, 2.45) is 5.92 Å². The lowest BCUT2D eigenvalue weighted by Crippen LogP contribution is -2.43. The summed E-state index contributed by atoms with van der Waals surface area (Å²) in [6.45, 7) is 2.39. The average molecular weight is 704 g/mol. The predicted molar refractivity (Wildman–Crippen MR) is 231 cm³/mol. The second kappa shape index (κ2) is 12.3. The Morgan fingerprint density at radius 1 is 0.527 bits per heavy atom. The molecule has 0 saturated heterocycles. The van der Waals surface area contributed by atoms with Gasteiger partial charge >= 0.3 is 0 Å². The molecular weight excluding hydrogens is 667 g/mol. The van der Waals surface area contributed by atoms with Gasteiger partial charge in [0.05, 0.1) is 5.54 Å². The summed E-state index contributed by atoms with van der Waals surface area (Å²) in [5, 5.41) is 11.5. The van der Waals surface area contributed by atoms with E-state index in [1.165, 1.54) is 60.5 Å². The SMILES string of the molecule is CC1(Nc2ccccc2-c2cccc3oc4ccccc4c23)c2ccccc2C(c2ccc3ccccc3c2)=C2C=C(c3ccc4ccccc4c3)C=CC21. The molecule has 0 bridgehead atoms. The van der Waals surface area contributed by atoms with Crippen LogP contribution in [-0.2, 0) is 5.54 Å². The second-order valence-electron chi connectivity index (χ2n) is 15.1. The first-order valence-corrected chi connectivity index (χ1v) is 19.1. The zero-order valence-corrected chi connectivity index (χ0v) is 30.5. The van der Waals surface area contributed by atoms with Crippen molar-refractivity contribution in [3.63, 3.8) is 0 Å². The summed E-state index contributed by atoms with van der Waals surface area (Å²) in [4.78, 5) is 0. The summed E-state index contributed by atoms with van der Waals surface area (Å²) in [7, 11) is 0. The van der Waals surface area contributed by atoms with Crippen LogP contribution in [0, 0.1) is 5.92 Å². The van der Waals surface area contributed by atoms with Crippen molar-refractivity contribution in [2.45, 2.75) is 12.5 Å². The van der Waals surface area contributed by atoms with Gasteiger partial charge in [0.1, 0.15) is 11.2 Å². The molecule has 1 heterocycles. The van der Waals surface area contributed by atoms with E-state index in [4.69, 9.17) is 4.42 Å². The molecule has 2 unspecified atom stereocenters. The Bertz CT molecular complexity index is 3100. The van der Waals surface area contributed by atoms with Crippen molar-refractivity contribution < 1.29 is 4.42 Å². The van der Waals surface area contributed by atoms with Gasteiger partial charge < -0.3 is 9.73 Å². The largest absolute Gasteiger partial charge is 0.456 e. The van der Waals surface area contributed by atoms with Gasteiger partial charge in [0.25, 0.3) is 0 Å². The molecule has 2 aliphatic rings. The molecule has 2 nitrogen and oxygen atoms in total. The maximum atomic E-state index is 6.35. The number of fused-ring (bicyclic) bond motifs is 7. The Balaban J connectivity index is 1.12. The summed E-state index contributed by atoms with van der Waals surface area (Å²) in [6.07, 6.45) is 7.24. The molecule has 2 heteroatoms. The molecule has 0 fully saturated rings. The number of para-hydroxylation sites is 2. The Morgan fingerprint density at radius 2 is 1.15 bits per heavy atom. The molecule has 260 valence electrons. The standard InChI is InChI=1S/C53H37NO/c1-53(54-48-22-10-7-17-41(48)42-20-12-24-50-52(42)44-19-8-11-23-49(44)55-50)46-21-9-6-18-43(46)51(40-28-26-35-14-3-5-16-37(35)32-40)45-33-39(29-30-47(45)53)38-27-25-34-13-2-4-15-36(34)31-38/h2-33,47,54H,1H3. The quantitative estimate of drug-likeness (QED) is 0.193. The number of nitrogens with one attached hydrogen (secondary N) is 1. The minimum Gasteiger partial charge on any atom is -0.456 e. The van der Waals surface area contributed by atoms with Crippen LogP contribution in [0.3, 0.4) is 0 Å². The van der Waals surface area contributed by atoms with Crippen LogP contribution in [0.2, 0.25) is 0 Å². The molecule has 0 spiro atoms. The first kappa shape index (κ1) is 31.6. The van der Waals surface area contributed by atoms with Crippen LogP contribution in [0.1, 0.15) is 29.2 Å². The Labute approximate surface area is 320 Å². The monoisotopic (exact) mass is 703 g/mol. The third-order valence-electron chi connectivity index (χ3n) is 11.9. The lowest BCUT2D eigenvalue weighted by molar-refractivity contribution is 0.441. The summed E-state index contributed by atoms with van der Waals surface area (Å²) >= 11 is 0. The normalized spacial score (nSPS) is 17.8. The Kier molecular flexibility index (Phi) is 7.09. The fourth-order valence-corrected chi connectivity index (χ4v) is 9.28. The number of anilines is 1. The van der Waals surface area contributed by atoms with E-state index in [1.54, 1.807) is 0 Å². The predicted octanol–water partition coefficient (Wildman–Crippen LogP) is 14.0. The van der Waals surface area contributed by atoms with E-state index in [1.807, 2.05) is 6.07 Å². The van der Waals surface area contributed by atoms with Crippen molar-refractivity contribution >= 4 is 60.3 Å². The second-order valence-corrected chi connectivity index (χ2v) is 15.1. The zero-order valence-electron chi connectivity index (χ0n) is 30.5. The number of benzene rings is 8. The van der Waals surface area contributed by atoms with Crippen molar-refractivity contribution in [2.75, 3.05) is 5.32 Å². The first-order chi connectivity index (χ1) is 27.1. The molecule has 0 radical (unpaired) electrons. The zero-order chi connectivity index (χ0) is 36.5. The van der Waals surface area contributed by atoms with E-state index in [9.17, 15) is 0 Å². The lowest BCUT2D eigenvalue weighted by Gasteiger charge is -2.46. The van der Waals surface area contributed by atoms with Crippen molar-refractivity contribution in [3.05, 3.63) is 222 Å². The third kappa shape index (κ3) is 5.02. The number of furan rings is 1. The van der Waals surface area contributed by atoms with E-state index in [0.29, 0.717) is 0 Å². The third-order valence-corrected chi connectivity index (χ3v) is 11.9. The van der Waals surface area contributed by atoms with Gasteiger partial charge in [-0.3, -0.25) is 0 Å². The Hall–Kier alpha value is -6.90. The van der Waals surface area contributed by atoms with Crippen LogP contribution in [0.5, 0.6) is 0 Å². The molecule has 1 aromatic heterocycles. The van der Waals surface area contributed by atoms with Gasteiger partial charge in [-0.1, -0.05) is 158 Å². The molecule has 2 atom stereocenters. The number of allylic oxidation sites excluding steroid dienone is 3. The molecule has 0 saturated carbocycles. The fourth-order valence-electron chi connectivity index (χ4n) is 9.28. The molecule has 55 heavy (non-hydrogen) atoms. The smallest absolute Gasteiger partial charge is 0.136 e. The highest BCUT2D eigenvalue weighted by Crippen LogP contribution is 2.53. The van der Waals surface area contributed by atoms with Crippen LogP contribution in [0.25, 0.3) is 65.8 Å². The summed E-state index contributed by atoms with van der Waals surface area (Å²) in [5.74, 6) is 0.0340. The highest BCUT2D eigenvalue weighted by molar-refractivity contribution is 6.13. The van der Waals surface area contributed by atoms with Crippen molar-refractivity contribution in [3.8, 4) is 11.1 Å². The van der Waals surface area contributed by atoms with Gasteiger partial charge in [-0.25, -0.2) is 0 Å². The van der Waals surface area contributed by atoms with Crippen LogP contribution >= 0.6 is 0 Å². The highest BCUT2D eigenvalue weighted by atomic mass is 16.3. The van der Waals surface area contributed by atoms with Gasteiger partial charge in [-0.2, -0.15) is 0 Å². The topological polar surface area (TPSA) is 25.2 Å². The maximum Gasteiger partial charge on any atom is 0.136 e. The highest BCUT2D eigenvalue weighted by Gasteiger charge is 2.44. The van der Waals surface area contributed by atoms with Gasteiger partial charge in [0.2, 0.25) is 0 Å². The lowest BCUT2D eigenvalue weighted by atomic mass is 9.64. The Morgan fingerprint density at radius 3 is 1.96 bits per heavy atom. The van der Waals surface area contributed by atoms with Crippen molar-refractivity contribution in [1.82, 2.24) is 0 Å². The van der Waals surface area contributed by atoms with Crippen LogP contribution < -0.4 is 5.32 Å². The summed E-state index contributed by atoms with van der Waals surface area (Å²) < 4.78 is 6.35. The first-order valence-electron chi connectivity index (χ1n) is 19.1.